The third kappa shape index (κ3) is 1.82. The maximum Gasteiger partial charge on any atom is 0.411 e. The van der Waals surface area contributed by atoms with Gasteiger partial charge in [-0.1, -0.05) is 11.3 Å². The van der Waals surface area contributed by atoms with Crippen LogP contribution in [0.15, 0.2) is 0 Å². The Morgan fingerprint density at radius 1 is 1.44 bits per heavy atom. The number of nitrogen functional groups attached to an aromatic ring is 1. The Balaban J connectivity index is 2.09. The van der Waals surface area contributed by atoms with E-state index in [1.807, 2.05) is 5.32 Å². The van der Waals surface area contributed by atoms with E-state index in [-0.39, 0.29) is 23.0 Å². The van der Waals surface area contributed by atoms with Gasteiger partial charge in [-0.25, -0.2) is 0 Å². The van der Waals surface area contributed by atoms with Crippen LogP contribution < -0.4 is 11.1 Å². The van der Waals surface area contributed by atoms with Gasteiger partial charge >= 0.3 is 6.18 Å². The molecule has 0 spiro atoms. The molecule has 2 rings (SSSR count). The molecule has 1 aliphatic carbocycles. The predicted molar refractivity (Wildman–Crippen MR) is 49.8 cm³/mol. The van der Waals surface area contributed by atoms with E-state index in [4.69, 9.17) is 5.73 Å². The lowest BCUT2D eigenvalue weighted by atomic mass is 10.2. The normalized spacial score (nSPS) is 18.2. The maximum atomic E-state index is 12.5. The van der Waals surface area contributed by atoms with Crippen LogP contribution in [0.1, 0.15) is 22.6 Å². The third-order valence-corrected chi connectivity index (χ3v) is 3.03. The molecule has 1 fully saturated rings. The summed E-state index contributed by atoms with van der Waals surface area (Å²) < 4.78 is 37.5. The summed E-state index contributed by atoms with van der Waals surface area (Å²) in [6.07, 6.45) is -4.63. The Hall–Kier alpha value is -1.38. The van der Waals surface area contributed by atoms with E-state index in [1.165, 1.54) is 0 Å². The minimum atomic E-state index is -4.43. The number of hydrogen-bond acceptors (Lipinski definition) is 5. The number of carbonyl (C=O) groups excluding carboxylic acids is 1. The van der Waals surface area contributed by atoms with Crippen LogP contribution in [-0.4, -0.2) is 27.8 Å². The molecule has 1 amide bonds. The lowest BCUT2D eigenvalue weighted by molar-refractivity contribution is -0.163. The Labute approximate surface area is 91.8 Å². The first kappa shape index (κ1) is 11.1. The van der Waals surface area contributed by atoms with Crippen molar-refractivity contribution in [3.63, 3.8) is 0 Å². The molecule has 3 N–H and O–H groups in total. The van der Waals surface area contributed by atoms with Crippen molar-refractivity contribution < 1.29 is 18.0 Å². The first-order valence-corrected chi connectivity index (χ1v) is 5.14. The number of carbonyl (C=O) groups is 1. The summed E-state index contributed by atoms with van der Waals surface area (Å²) in [5.74, 6) is -0.885. The zero-order chi connectivity index (χ0) is 12.0. The molecule has 5 nitrogen and oxygen atoms in total. The van der Waals surface area contributed by atoms with Gasteiger partial charge in [0, 0.05) is 0 Å². The number of nitrogens with one attached hydrogen (secondary N) is 1. The molecule has 0 unspecified atom stereocenters. The first-order valence-electron chi connectivity index (χ1n) is 4.32. The van der Waals surface area contributed by atoms with Crippen LogP contribution in [-0.2, 0) is 0 Å². The minimum Gasteiger partial charge on any atom is -0.374 e. The number of nitrogens with two attached hydrogens (primary N) is 1. The van der Waals surface area contributed by atoms with Gasteiger partial charge < -0.3 is 11.1 Å². The largest absolute Gasteiger partial charge is 0.411 e. The standard InChI is InChI=1S/C7H7F3N4OS/c8-7(9,10)6(1-2-6)12-3(15)4-13-14-5(11)16-4/h1-2H2,(H2,11,14)(H,12,15). The van der Waals surface area contributed by atoms with E-state index in [0.29, 0.717) is 0 Å². The van der Waals surface area contributed by atoms with Gasteiger partial charge in [-0.2, -0.15) is 13.2 Å². The van der Waals surface area contributed by atoms with E-state index in [9.17, 15) is 18.0 Å². The fraction of sp³-hybridized carbons (Fsp3) is 0.571. The fourth-order valence-electron chi connectivity index (χ4n) is 1.20. The van der Waals surface area contributed by atoms with Gasteiger partial charge in [-0.05, 0) is 12.8 Å². The molecule has 1 heterocycles. The van der Waals surface area contributed by atoms with Crippen LogP contribution in [0, 0.1) is 0 Å². The highest BCUT2D eigenvalue weighted by Gasteiger charge is 2.64. The van der Waals surface area contributed by atoms with Crippen molar-refractivity contribution in [1.29, 1.82) is 0 Å². The number of amides is 1. The van der Waals surface area contributed by atoms with Crippen molar-refractivity contribution in [2.24, 2.45) is 0 Å². The first-order chi connectivity index (χ1) is 7.34. The van der Waals surface area contributed by atoms with Gasteiger partial charge in [0.1, 0.15) is 5.54 Å². The van der Waals surface area contributed by atoms with Gasteiger partial charge in [-0.15, -0.1) is 10.2 Å². The van der Waals surface area contributed by atoms with Gasteiger partial charge in [0.15, 0.2) is 0 Å². The van der Waals surface area contributed by atoms with Crippen LogP contribution in [0.5, 0.6) is 0 Å². The van der Waals surface area contributed by atoms with E-state index in [0.717, 1.165) is 11.3 Å². The van der Waals surface area contributed by atoms with Crippen molar-refractivity contribution in [3.05, 3.63) is 5.01 Å². The van der Waals surface area contributed by atoms with Crippen LogP contribution >= 0.6 is 11.3 Å². The number of aromatic nitrogens is 2. The fourth-order valence-corrected chi connectivity index (χ4v) is 1.71. The molecule has 0 radical (unpaired) electrons. The summed E-state index contributed by atoms with van der Waals surface area (Å²) in [6.45, 7) is 0. The summed E-state index contributed by atoms with van der Waals surface area (Å²) in [5.41, 5.74) is 3.15. The summed E-state index contributed by atoms with van der Waals surface area (Å²) in [6, 6.07) is 0. The van der Waals surface area contributed by atoms with Crippen LogP contribution in [0.2, 0.25) is 0 Å². The van der Waals surface area contributed by atoms with Gasteiger partial charge in [0.2, 0.25) is 10.1 Å². The lowest BCUT2D eigenvalue weighted by Gasteiger charge is -2.19. The SMILES string of the molecule is Nc1nnc(C(=O)NC2(C(F)(F)F)CC2)s1. The molecule has 1 aromatic heterocycles. The molecule has 88 valence electrons. The van der Waals surface area contributed by atoms with Crippen molar-refractivity contribution in [3.8, 4) is 0 Å². The highest BCUT2D eigenvalue weighted by Crippen LogP contribution is 2.49. The average molecular weight is 252 g/mol. The molecular formula is C7H7F3N4OS. The van der Waals surface area contributed by atoms with Crippen LogP contribution in [0.25, 0.3) is 0 Å². The number of halogens is 3. The third-order valence-electron chi connectivity index (χ3n) is 2.28. The average Bonchev–Trinajstić information content (AvgIpc) is 2.81. The van der Waals surface area contributed by atoms with Gasteiger partial charge in [0.25, 0.3) is 5.91 Å². The molecule has 16 heavy (non-hydrogen) atoms. The molecule has 0 bridgehead atoms. The molecule has 0 aliphatic heterocycles. The van der Waals surface area contributed by atoms with Crippen molar-refractivity contribution in [2.45, 2.75) is 24.6 Å². The molecule has 1 aromatic rings. The summed E-state index contributed by atoms with van der Waals surface area (Å²) in [7, 11) is 0. The van der Waals surface area contributed by atoms with E-state index in [2.05, 4.69) is 10.2 Å². The quantitative estimate of drug-likeness (QED) is 0.821. The highest BCUT2D eigenvalue weighted by molar-refractivity contribution is 7.16. The molecule has 9 heteroatoms. The molecule has 0 atom stereocenters. The number of nitrogens with zero attached hydrogens (tertiary/aromatic N) is 2. The summed E-state index contributed by atoms with van der Waals surface area (Å²) in [4.78, 5) is 11.4. The Bertz CT molecular complexity index is 426. The van der Waals surface area contributed by atoms with E-state index in [1.54, 1.807) is 0 Å². The topological polar surface area (TPSA) is 80.9 Å². The van der Waals surface area contributed by atoms with Crippen molar-refractivity contribution in [2.75, 3.05) is 5.73 Å². The van der Waals surface area contributed by atoms with Gasteiger partial charge in [-0.3, -0.25) is 4.79 Å². The van der Waals surface area contributed by atoms with Crippen LogP contribution in [0.3, 0.4) is 0 Å². The maximum absolute atomic E-state index is 12.5. The van der Waals surface area contributed by atoms with E-state index < -0.39 is 17.6 Å². The number of hydrogen-bond donors (Lipinski definition) is 2. The molecular weight excluding hydrogens is 245 g/mol. The molecule has 1 saturated carbocycles. The summed E-state index contributed by atoms with van der Waals surface area (Å²) >= 11 is 0.751. The number of anilines is 1. The van der Waals surface area contributed by atoms with Crippen molar-refractivity contribution in [1.82, 2.24) is 15.5 Å². The smallest absolute Gasteiger partial charge is 0.374 e. The minimum absolute atomic E-state index is 0.0435. The summed E-state index contributed by atoms with van der Waals surface area (Å²) in [5, 5.41) is 8.54. The number of rotatable bonds is 2. The zero-order valence-electron chi connectivity index (χ0n) is 7.84. The zero-order valence-corrected chi connectivity index (χ0v) is 8.65. The monoisotopic (exact) mass is 252 g/mol. The molecule has 0 aromatic carbocycles. The molecule has 1 aliphatic rings. The highest BCUT2D eigenvalue weighted by atomic mass is 32.1. The van der Waals surface area contributed by atoms with Crippen molar-refractivity contribution >= 4 is 22.4 Å². The lowest BCUT2D eigenvalue weighted by Crippen LogP contribution is -2.47. The predicted octanol–water partition coefficient (Wildman–Crippen LogP) is 0.945. The second-order valence-corrected chi connectivity index (χ2v) is 4.49. The molecule has 0 saturated heterocycles. The second kappa shape index (κ2) is 3.30. The van der Waals surface area contributed by atoms with Gasteiger partial charge in [0.05, 0.1) is 0 Å². The Morgan fingerprint density at radius 3 is 2.44 bits per heavy atom. The van der Waals surface area contributed by atoms with E-state index >= 15 is 0 Å². The van der Waals surface area contributed by atoms with Crippen LogP contribution in [0.4, 0.5) is 18.3 Å². The Kier molecular flexibility index (Phi) is 2.30. The number of alkyl halides is 3. The Morgan fingerprint density at radius 2 is 2.06 bits per heavy atom. The second-order valence-electron chi connectivity index (χ2n) is 3.48.